The normalized spacial score (nSPS) is 16.4. The second kappa shape index (κ2) is 10.6. The summed E-state index contributed by atoms with van der Waals surface area (Å²) in [4.78, 5) is 18.1. The summed E-state index contributed by atoms with van der Waals surface area (Å²) in [5, 5.41) is 20.0. The van der Waals surface area contributed by atoms with Crippen LogP contribution in [0.2, 0.25) is 5.02 Å². The molecule has 0 amide bonds. The van der Waals surface area contributed by atoms with Crippen LogP contribution in [0.25, 0.3) is 23.3 Å². The highest BCUT2D eigenvalue weighted by molar-refractivity contribution is 6.32. The van der Waals surface area contributed by atoms with Crippen LogP contribution in [-0.2, 0) is 11.3 Å². The second-order valence-corrected chi connectivity index (χ2v) is 8.96. The molecule has 2 heterocycles. The average molecular weight is 472 g/mol. The van der Waals surface area contributed by atoms with E-state index >= 15 is 0 Å². The molecule has 0 radical (unpaired) electrons. The first-order valence-electron chi connectivity index (χ1n) is 11.4. The summed E-state index contributed by atoms with van der Waals surface area (Å²) in [6, 6.07) is 17.4. The predicted molar refractivity (Wildman–Crippen MR) is 135 cm³/mol. The van der Waals surface area contributed by atoms with Gasteiger partial charge in [0.2, 0.25) is 0 Å². The molecular formula is C28H26ClN3O2. The third kappa shape index (κ3) is 5.20. The van der Waals surface area contributed by atoms with E-state index in [1.165, 1.54) is 0 Å². The molecule has 1 aliphatic heterocycles. The maximum Gasteiger partial charge on any atom is 0.320 e. The molecule has 1 aliphatic rings. The highest BCUT2D eigenvalue weighted by Crippen LogP contribution is 2.29. The molecule has 0 saturated carbocycles. The van der Waals surface area contributed by atoms with Gasteiger partial charge in [-0.1, -0.05) is 60.5 Å². The summed E-state index contributed by atoms with van der Waals surface area (Å²) in [7, 11) is 0. The number of halogens is 1. The second-order valence-electron chi connectivity index (χ2n) is 8.55. The summed E-state index contributed by atoms with van der Waals surface area (Å²) >= 11 is 6.61. The first-order chi connectivity index (χ1) is 16.5. The number of carboxylic acid groups (broad SMARTS) is 1. The fraction of sp³-hybridized carbons (Fsp3) is 0.250. The fourth-order valence-corrected chi connectivity index (χ4v) is 4.72. The number of aliphatic carboxylic acids is 1. The van der Waals surface area contributed by atoms with Crippen molar-refractivity contribution in [3.8, 4) is 17.2 Å². The molecule has 5 nitrogen and oxygen atoms in total. The molecule has 1 aromatic heterocycles. The van der Waals surface area contributed by atoms with Crippen LogP contribution in [0.4, 0.5) is 0 Å². The van der Waals surface area contributed by atoms with Gasteiger partial charge in [0.1, 0.15) is 12.1 Å². The lowest BCUT2D eigenvalue weighted by atomic mass is 9.98. The van der Waals surface area contributed by atoms with E-state index in [2.05, 4.69) is 11.1 Å². The zero-order valence-corrected chi connectivity index (χ0v) is 19.8. The molecule has 6 heteroatoms. The van der Waals surface area contributed by atoms with Crippen molar-refractivity contribution in [1.29, 1.82) is 5.26 Å². The van der Waals surface area contributed by atoms with Gasteiger partial charge in [0.15, 0.2) is 0 Å². The Kier molecular flexibility index (Phi) is 7.42. The lowest BCUT2D eigenvalue weighted by Crippen LogP contribution is -2.44. The molecular weight excluding hydrogens is 446 g/mol. The first-order valence-corrected chi connectivity index (χ1v) is 11.7. The molecule has 1 N–H and O–H groups in total. The van der Waals surface area contributed by atoms with Gasteiger partial charge in [-0.05, 0) is 66.8 Å². The van der Waals surface area contributed by atoms with Crippen molar-refractivity contribution in [2.24, 2.45) is 0 Å². The smallest absolute Gasteiger partial charge is 0.320 e. The molecule has 0 spiro atoms. The minimum atomic E-state index is -0.762. The van der Waals surface area contributed by atoms with E-state index in [0.717, 1.165) is 47.2 Å². The predicted octanol–water partition coefficient (Wildman–Crippen LogP) is 6.19. The van der Waals surface area contributed by atoms with Gasteiger partial charge in [0.05, 0.1) is 11.3 Å². The minimum absolute atomic E-state index is 0.445. The minimum Gasteiger partial charge on any atom is -0.480 e. The number of rotatable bonds is 6. The van der Waals surface area contributed by atoms with E-state index < -0.39 is 12.0 Å². The molecule has 1 atom stereocenters. The van der Waals surface area contributed by atoms with Crippen LogP contribution in [0.3, 0.4) is 0 Å². The van der Waals surface area contributed by atoms with Crippen LogP contribution in [0.5, 0.6) is 0 Å². The van der Waals surface area contributed by atoms with E-state index in [1.54, 1.807) is 6.20 Å². The largest absolute Gasteiger partial charge is 0.480 e. The van der Waals surface area contributed by atoms with Gasteiger partial charge in [-0.2, -0.15) is 5.26 Å². The van der Waals surface area contributed by atoms with Gasteiger partial charge in [-0.25, -0.2) is 0 Å². The fourth-order valence-electron chi connectivity index (χ4n) is 4.47. The molecule has 2 aromatic carbocycles. The van der Waals surface area contributed by atoms with Crippen molar-refractivity contribution in [3.05, 3.63) is 87.7 Å². The third-order valence-corrected chi connectivity index (χ3v) is 6.65. The van der Waals surface area contributed by atoms with Crippen LogP contribution >= 0.6 is 11.6 Å². The molecule has 0 aliphatic carbocycles. The molecule has 3 aromatic rings. The van der Waals surface area contributed by atoms with E-state index in [0.29, 0.717) is 29.2 Å². The van der Waals surface area contributed by atoms with Crippen molar-refractivity contribution >= 4 is 29.7 Å². The van der Waals surface area contributed by atoms with E-state index in [4.69, 9.17) is 11.6 Å². The quantitative estimate of drug-likeness (QED) is 0.463. The molecule has 1 saturated heterocycles. The average Bonchev–Trinajstić information content (AvgIpc) is 2.85. The Balaban J connectivity index is 1.60. The summed E-state index contributed by atoms with van der Waals surface area (Å²) in [5.41, 5.74) is 5.80. The Labute approximate surface area is 204 Å². The van der Waals surface area contributed by atoms with E-state index in [-0.39, 0.29) is 0 Å². The number of benzene rings is 2. The number of hydrogen-bond donors (Lipinski definition) is 1. The van der Waals surface area contributed by atoms with Gasteiger partial charge in [-0.3, -0.25) is 14.7 Å². The Morgan fingerprint density at radius 1 is 1.24 bits per heavy atom. The van der Waals surface area contributed by atoms with Gasteiger partial charge >= 0.3 is 5.97 Å². The highest BCUT2D eigenvalue weighted by atomic mass is 35.5. The standard InChI is InChI=1S/C28H26ClN3O2/c1-19-15-21(25(29)16-22(19)18-32-14-6-5-9-27(32)28(33)34)10-11-26-24(17-30)23(12-13-31-26)20-7-3-2-4-8-20/h2-4,7-8,10-13,15-16,27H,5-6,9,14,18H2,1H3,(H,33,34)/b11-10+/t27-/m0/s1. The Morgan fingerprint density at radius 2 is 2.03 bits per heavy atom. The van der Waals surface area contributed by atoms with Crippen LogP contribution < -0.4 is 0 Å². The van der Waals surface area contributed by atoms with Crippen LogP contribution in [0.15, 0.2) is 54.7 Å². The van der Waals surface area contributed by atoms with Gasteiger partial charge in [-0.15, -0.1) is 0 Å². The lowest BCUT2D eigenvalue weighted by Gasteiger charge is -2.33. The molecule has 4 rings (SSSR count). The van der Waals surface area contributed by atoms with E-state index in [9.17, 15) is 15.2 Å². The summed E-state index contributed by atoms with van der Waals surface area (Å²) in [6.45, 7) is 3.35. The highest BCUT2D eigenvalue weighted by Gasteiger charge is 2.28. The Bertz CT molecular complexity index is 1260. The van der Waals surface area contributed by atoms with Crippen molar-refractivity contribution in [3.63, 3.8) is 0 Å². The maximum atomic E-state index is 11.6. The van der Waals surface area contributed by atoms with Crippen LogP contribution in [0.1, 0.15) is 47.2 Å². The van der Waals surface area contributed by atoms with Crippen LogP contribution in [-0.4, -0.2) is 33.5 Å². The van der Waals surface area contributed by atoms with E-state index in [1.807, 2.05) is 72.5 Å². The number of nitrogens with zero attached hydrogens (tertiary/aromatic N) is 3. The van der Waals surface area contributed by atoms with Crippen molar-refractivity contribution in [2.75, 3.05) is 6.54 Å². The number of aromatic nitrogens is 1. The number of carboxylic acids is 1. The summed E-state index contributed by atoms with van der Waals surface area (Å²) < 4.78 is 0. The zero-order valence-electron chi connectivity index (χ0n) is 19.0. The number of nitriles is 1. The monoisotopic (exact) mass is 471 g/mol. The molecule has 1 fully saturated rings. The molecule has 0 unspecified atom stereocenters. The number of likely N-dealkylation sites (tertiary alicyclic amines) is 1. The molecule has 0 bridgehead atoms. The van der Waals surface area contributed by atoms with Gasteiger partial charge in [0.25, 0.3) is 0 Å². The SMILES string of the molecule is Cc1cc(/C=C/c2nccc(-c3ccccc3)c2C#N)c(Cl)cc1CN1CCCC[C@H]1C(=O)O. The Hall–Kier alpha value is -3.46. The maximum absolute atomic E-state index is 11.6. The first kappa shape index (κ1) is 23.7. The van der Waals surface area contributed by atoms with Crippen molar-refractivity contribution in [2.45, 2.75) is 38.8 Å². The summed E-state index contributed by atoms with van der Waals surface area (Å²) in [5.74, 6) is -0.762. The summed E-state index contributed by atoms with van der Waals surface area (Å²) in [6.07, 6.45) is 8.03. The van der Waals surface area contributed by atoms with Gasteiger partial charge < -0.3 is 5.11 Å². The third-order valence-electron chi connectivity index (χ3n) is 6.33. The van der Waals surface area contributed by atoms with Crippen LogP contribution in [0, 0.1) is 18.3 Å². The number of carbonyl (C=O) groups is 1. The van der Waals surface area contributed by atoms with Crippen molar-refractivity contribution < 1.29 is 9.90 Å². The Morgan fingerprint density at radius 3 is 2.76 bits per heavy atom. The molecule has 34 heavy (non-hydrogen) atoms. The lowest BCUT2D eigenvalue weighted by molar-refractivity contribution is -0.144. The number of pyridine rings is 1. The van der Waals surface area contributed by atoms with Crippen molar-refractivity contribution in [1.82, 2.24) is 9.88 Å². The number of piperidine rings is 1. The number of hydrogen-bond acceptors (Lipinski definition) is 4. The number of aryl methyl sites for hydroxylation is 1. The zero-order chi connectivity index (χ0) is 24.1. The van der Waals surface area contributed by atoms with Gasteiger partial charge in [0, 0.05) is 23.3 Å². The topological polar surface area (TPSA) is 77.2 Å². The molecule has 172 valence electrons.